The van der Waals surface area contributed by atoms with Crippen LogP contribution in [0, 0.1) is 0 Å². The smallest absolute Gasteiger partial charge is 0.125 e. The Balaban J connectivity index is 1.81. The molecule has 0 aliphatic heterocycles. The van der Waals surface area contributed by atoms with Crippen LogP contribution in [0.4, 0.5) is 0 Å². The maximum Gasteiger partial charge on any atom is 0.125 e. The van der Waals surface area contributed by atoms with E-state index in [1.54, 1.807) is 17.4 Å². The summed E-state index contributed by atoms with van der Waals surface area (Å²) < 4.78 is 0. The zero-order valence-corrected chi connectivity index (χ0v) is 11.6. The van der Waals surface area contributed by atoms with Gasteiger partial charge in [0.25, 0.3) is 0 Å². The number of thiophene rings is 1. The summed E-state index contributed by atoms with van der Waals surface area (Å²) in [5.41, 5.74) is 2.12. The van der Waals surface area contributed by atoms with Crippen LogP contribution in [0.2, 0.25) is 0 Å². The van der Waals surface area contributed by atoms with Gasteiger partial charge in [0.2, 0.25) is 0 Å². The van der Waals surface area contributed by atoms with E-state index in [0.29, 0.717) is 5.75 Å². The Hall–Kier alpha value is -1.78. The maximum atomic E-state index is 9.97. The predicted molar refractivity (Wildman–Crippen MR) is 79.5 cm³/mol. The Morgan fingerprint density at radius 1 is 1.21 bits per heavy atom. The van der Waals surface area contributed by atoms with Gasteiger partial charge in [-0.25, -0.2) is 0 Å². The van der Waals surface area contributed by atoms with Gasteiger partial charge in [0.15, 0.2) is 0 Å². The first-order valence-corrected chi connectivity index (χ1v) is 7.11. The van der Waals surface area contributed by atoms with Crippen molar-refractivity contribution in [1.29, 1.82) is 0 Å². The predicted octanol–water partition coefficient (Wildman–Crippen LogP) is 3.57. The fraction of sp³-hybridized carbons (Fsp3) is 0.200. The molecule has 0 aliphatic rings. The molecule has 0 aliphatic carbocycles. The van der Waals surface area contributed by atoms with Gasteiger partial charge in [-0.1, -0.05) is 12.1 Å². The number of hydrogen-bond donors (Lipinski definition) is 2. The maximum absolute atomic E-state index is 9.97. The van der Waals surface area contributed by atoms with E-state index in [0.717, 1.165) is 29.6 Å². The molecular weight excluding hydrogens is 256 g/mol. The number of hydrogen-bond acceptors (Lipinski definition) is 3. The molecule has 19 heavy (non-hydrogen) atoms. The molecule has 98 valence electrons. The molecule has 1 aromatic carbocycles. The fourth-order valence-corrected chi connectivity index (χ4v) is 3.16. The van der Waals surface area contributed by atoms with Gasteiger partial charge < -0.3 is 10.1 Å². The van der Waals surface area contributed by atoms with Crippen molar-refractivity contribution < 1.29 is 5.11 Å². The van der Waals surface area contributed by atoms with Crippen molar-refractivity contribution in [1.82, 2.24) is 9.88 Å². The van der Waals surface area contributed by atoms with Gasteiger partial charge in [-0.2, -0.15) is 0 Å². The number of rotatable bonds is 4. The molecule has 0 fully saturated rings. The number of phenolic OH excluding ortho intramolecular Hbond substituents is 1. The van der Waals surface area contributed by atoms with Crippen LogP contribution >= 0.6 is 11.3 Å². The van der Waals surface area contributed by atoms with Gasteiger partial charge in [-0.3, -0.25) is 4.90 Å². The summed E-state index contributed by atoms with van der Waals surface area (Å²) in [6, 6.07) is 9.79. The molecule has 4 heteroatoms. The highest BCUT2D eigenvalue weighted by atomic mass is 32.1. The molecule has 0 bridgehead atoms. The highest BCUT2D eigenvalue weighted by Crippen LogP contribution is 2.28. The van der Waals surface area contributed by atoms with Crippen molar-refractivity contribution in [3.05, 3.63) is 52.3 Å². The summed E-state index contributed by atoms with van der Waals surface area (Å²) in [5.74, 6) is 0.346. The van der Waals surface area contributed by atoms with Crippen molar-refractivity contribution in [3.63, 3.8) is 0 Å². The SMILES string of the molecule is CN(Cc1cccs1)Cc1c[nH]c2cccc(O)c12. The Morgan fingerprint density at radius 2 is 2.11 bits per heavy atom. The molecule has 3 aromatic rings. The molecule has 0 spiro atoms. The van der Waals surface area contributed by atoms with E-state index in [1.807, 2.05) is 18.3 Å². The first kappa shape index (κ1) is 12.3. The molecule has 2 aromatic heterocycles. The van der Waals surface area contributed by atoms with Crippen molar-refractivity contribution in [2.75, 3.05) is 7.05 Å². The first-order chi connectivity index (χ1) is 9.24. The lowest BCUT2D eigenvalue weighted by Crippen LogP contribution is -2.16. The van der Waals surface area contributed by atoms with E-state index in [1.165, 1.54) is 4.88 Å². The van der Waals surface area contributed by atoms with Gasteiger partial charge in [0, 0.05) is 35.1 Å². The van der Waals surface area contributed by atoms with Gasteiger partial charge in [-0.05, 0) is 36.2 Å². The molecule has 0 unspecified atom stereocenters. The summed E-state index contributed by atoms with van der Waals surface area (Å²) in [4.78, 5) is 6.81. The van der Waals surface area contributed by atoms with Gasteiger partial charge in [0.1, 0.15) is 5.75 Å². The summed E-state index contributed by atoms with van der Waals surface area (Å²) in [5, 5.41) is 13.0. The van der Waals surface area contributed by atoms with E-state index in [2.05, 4.69) is 34.4 Å². The summed E-state index contributed by atoms with van der Waals surface area (Å²) in [7, 11) is 2.10. The summed E-state index contributed by atoms with van der Waals surface area (Å²) >= 11 is 1.77. The van der Waals surface area contributed by atoms with Gasteiger partial charge >= 0.3 is 0 Å². The molecule has 2 N–H and O–H groups in total. The van der Waals surface area contributed by atoms with Crippen LogP contribution in [0.3, 0.4) is 0 Å². The molecular formula is C15H16N2OS. The van der Waals surface area contributed by atoms with Gasteiger partial charge in [0.05, 0.1) is 0 Å². The highest BCUT2D eigenvalue weighted by Gasteiger charge is 2.10. The van der Waals surface area contributed by atoms with Crippen LogP contribution in [0.25, 0.3) is 10.9 Å². The number of H-pyrrole nitrogens is 1. The molecule has 0 saturated carbocycles. The number of phenols is 1. The largest absolute Gasteiger partial charge is 0.507 e. The van der Waals surface area contributed by atoms with Crippen LogP contribution in [0.15, 0.2) is 41.9 Å². The van der Waals surface area contributed by atoms with E-state index in [-0.39, 0.29) is 0 Å². The van der Waals surface area contributed by atoms with Crippen molar-refractivity contribution >= 4 is 22.2 Å². The number of aromatic hydroxyl groups is 1. The minimum Gasteiger partial charge on any atom is -0.507 e. The minimum absolute atomic E-state index is 0.346. The zero-order valence-electron chi connectivity index (χ0n) is 10.8. The number of aromatic amines is 1. The topological polar surface area (TPSA) is 39.3 Å². The van der Waals surface area contributed by atoms with E-state index in [4.69, 9.17) is 0 Å². The number of nitrogens with zero attached hydrogens (tertiary/aromatic N) is 1. The van der Waals surface area contributed by atoms with Crippen molar-refractivity contribution in [3.8, 4) is 5.75 Å². The lowest BCUT2D eigenvalue weighted by Gasteiger charge is -2.15. The van der Waals surface area contributed by atoms with E-state index in [9.17, 15) is 5.11 Å². The highest BCUT2D eigenvalue weighted by molar-refractivity contribution is 7.09. The standard InChI is InChI=1S/C15H16N2OS/c1-17(10-12-4-3-7-19-12)9-11-8-16-13-5-2-6-14(18)15(11)13/h2-8,16,18H,9-10H2,1H3. The molecule has 0 saturated heterocycles. The quantitative estimate of drug-likeness (QED) is 0.762. The van der Waals surface area contributed by atoms with Crippen LogP contribution in [-0.2, 0) is 13.1 Å². The average molecular weight is 272 g/mol. The first-order valence-electron chi connectivity index (χ1n) is 6.23. The second-order valence-electron chi connectivity index (χ2n) is 4.77. The zero-order chi connectivity index (χ0) is 13.2. The second-order valence-corrected chi connectivity index (χ2v) is 5.80. The number of fused-ring (bicyclic) bond motifs is 1. The third-order valence-corrected chi connectivity index (χ3v) is 4.07. The minimum atomic E-state index is 0.346. The average Bonchev–Trinajstić information content (AvgIpc) is 3.00. The number of aromatic nitrogens is 1. The molecule has 0 amide bonds. The fourth-order valence-electron chi connectivity index (χ4n) is 2.37. The lowest BCUT2D eigenvalue weighted by molar-refractivity contribution is 0.323. The molecule has 0 atom stereocenters. The Kier molecular flexibility index (Phi) is 3.27. The Morgan fingerprint density at radius 3 is 2.89 bits per heavy atom. The van der Waals surface area contributed by atoms with Crippen LogP contribution in [-0.4, -0.2) is 22.0 Å². The normalized spacial score (nSPS) is 11.5. The summed E-state index contributed by atoms with van der Waals surface area (Å²) in [6.45, 7) is 1.74. The summed E-state index contributed by atoms with van der Waals surface area (Å²) in [6.07, 6.45) is 1.98. The van der Waals surface area contributed by atoms with E-state index >= 15 is 0 Å². The third-order valence-electron chi connectivity index (χ3n) is 3.21. The van der Waals surface area contributed by atoms with Gasteiger partial charge in [-0.15, -0.1) is 11.3 Å². The number of nitrogens with one attached hydrogen (secondary N) is 1. The van der Waals surface area contributed by atoms with Crippen LogP contribution in [0.1, 0.15) is 10.4 Å². The monoisotopic (exact) mass is 272 g/mol. The molecule has 0 radical (unpaired) electrons. The number of benzene rings is 1. The van der Waals surface area contributed by atoms with Crippen molar-refractivity contribution in [2.24, 2.45) is 0 Å². The lowest BCUT2D eigenvalue weighted by atomic mass is 10.1. The molecule has 2 heterocycles. The van der Waals surface area contributed by atoms with Crippen molar-refractivity contribution in [2.45, 2.75) is 13.1 Å². The van der Waals surface area contributed by atoms with Crippen LogP contribution < -0.4 is 0 Å². The van der Waals surface area contributed by atoms with E-state index < -0.39 is 0 Å². The molecule has 3 rings (SSSR count). The third kappa shape index (κ3) is 2.50. The van der Waals surface area contributed by atoms with Crippen LogP contribution in [0.5, 0.6) is 5.75 Å². The second kappa shape index (κ2) is 5.07. The Labute approximate surface area is 116 Å². The molecule has 3 nitrogen and oxygen atoms in total. The Bertz CT molecular complexity index is 673.